The predicted octanol–water partition coefficient (Wildman–Crippen LogP) is 3.97. The van der Waals surface area contributed by atoms with Crippen LogP contribution in [0.25, 0.3) is 0 Å². The molecule has 0 aliphatic carbocycles. The van der Waals surface area contributed by atoms with Crippen LogP contribution in [0.5, 0.6) is 0 Å². The lowest BCUT2D eigenvalue weighted by Gasteiger charge is -2.34. The van der Waals surface area contributed by atoms with Crippen molar-refractivity contribution in [3.8, 4) is 0 Å². The van der Waals surface area contributed by atoms with E-state index in [4.69, 9.17) is 4.74 Å². The van der Waals surface area contributed by atoms with Gasteiger partial charge in [0.25, 0.3) is 5.91 Å². The van der Waals surface area contributed by atoms with Gasteiger partial charge < -0.3 is 15.4 Å². The largest absolute Gasteiger partial charge is 0.429 e. The second-order valence-electron chi connectivity index (χ2n) is 8.12. The quantitative estimate of drug-likeness (QED) is 0.444. The molecule has 10 heteroatoms. The fourth-order valence-corrected chi connectivity index (χ4v) is 6.15. The SMILES string of the molecule is O=C(N[C@@H](Cc1ccccc1)NC(=O)c1cccs1)O[C@H]1CCCCN1S(=O)(=O)c1ccccc1. The van der Waals surface area contributed by atoms with E-state index in [1.54, 1.807) is 35.7 Å². The fourth-order valence-electron chi connectivity index (χ4n) is 3.92. The van der Waals surface area contributed by atoms with E-state index in [0.717, 1.165) is 12.0 Å². The molecule has 0 saturated carbocycles. The summed E-state index contributed by atoms with van der Waals surface area (Å²) >= 11 is 1.30. The first-order chi connectivity index (χ1) is 16.9. The Bertz CT molecular complexity index is 1220. The highest BCUT2D eigenvalue weighted by atomic mass is 32.2. The Hall–Kier alpha value is -3.21. The molecule has 0 radical (unpaired) electrons. The van der Waals surface area contributed by atoms with E-state index in [2.05, 4.69) is 10.6 Å². The van der Waals surface area contributed by atoms with Gasteiger partial charge in [-0.3, -0.25) is 4.79 Å². The molecule has 2 N–H and O–H groups in total. The summed E-state index contributed by atoms with van der Waals surface area (Å²) in [6, 6.07) is 21.0. The van der Waals surface area contributed by atoms with Crippen molar-refractivity contribution >= 4 is 33.4 Å². The Labute approximate surface area is 209 Å². The lowest BCUT2D eigenvalue weighted by atomic mass is 10.1. The number of carbonyl (C=O) groups excluding carboxylic acids is 2. The number of nitrogens with zero attached hydrogens (tertiary/aromatic N) is 1. The molecule has 2 aromatic carbocycles. The third kappa shape index (κ3) is 6.47. The van der Waals surface area contributed by atoms with Gasteiger partial charge in [-0.1, -0.05) is 54.6 Å². The van der Waals surface area contributed by atoms with Crippen molar-refractivity contribution < 1.29 is 22.7 Å². The number of ether oxygens (including phenoxy) is 1. The molecule has 1 aromatic heterocycles. The molecule has 1 aliphatic heterocycles. The normalized spacial score (nSPS) is 17.3. The summed E-state index contributed by atoms with van der Waals surface area (Å²) in [4.78, 5) is 26.2. The summed E-state index contributed by atoms with van der Waals surface area (Å²) in [5.41, 5.74) is 0.912. The van der Waals surface area contributed by atoms with E-state index < -0.39 is 28.5 Å². The topological polar surface area (TPSA) is 105 Å². The summed E-state index contributed by atoms with van der Waals surface area (Å²) in [7, 11) is -3.82. The molecule has 0 bridgehead atoms. The van der Waals surface area contributed by atoms with Crippen molar-refractivity contribution in [3.05, 3.63) is 88.6 Å². The summed E-state index contributed by atoms with van der Waals surface area (Å²) in [6.45, 7) is 0.262. The van der Waals surface area contributed by atoms with Crippen molar-refractivity contribution in [2.75, 3.05) is 6.54 Å². The maximum atomic E-state index is 13.2. The van der Waals surface area contributed by atoms with E-state index in [0.29, 0.717) is 24.1 Å². The van der Waals surface area contributed by atoms with Crippen LogP contribution in [0, 0.1) is 0 Å². The van der Waals surface area contributed by atoms with Gasteiger partial charge >= 0.3 is 6.09 Å². The molecule has 0 spiro atoms. The van der Waals surface area contributed by atoms with Gasteiger partial charge in [0.2, 0.25) is 10.0 Å². The van der Waals surface area contributed by atoms with Crippen LogP contribution in [0.3, 0.4) is 0 Å². The summed E-state index contributed by atoms with van der Waals surface area (Å²) < 4.78 is 33.2. The van der Waals surface area contributed by atoms with Crippen LogP contribution in [0.2, 0.25) is 0 Å². The number of piperidine rings is 1. The predicted molar refractivity (Wildman–Crippen MR) is 133 cm³/mol. The zero-order chi connectivity index (χ0) is 24.7. The Morgan fingerprint density at radius 2 is 1.69 bits per heavy atom. The highest BCUT2D eigenvalue weighted by Crippen LogP contribution is 2.26. The molecule has 1 fully saturated rings. The molecule has 1 saturated heterocycles. The van der Waals surface area contributed by atoms with Crippen LogP contribution in [0.1, 0.15) is 34.5 Å². The molecule has 4 rings (SSSR count). The monoisotopic (exact) mass is 513 g/mol. The third-order valence-electron chi connectivity index (χ3n) is 5.62. The molecule has 184 valence electrons. The first-order valence-corrected chi connectivity index (χ1v) is 13.7. The zero-order valence-electron chi connectivity index (χ0n) is 19.0. The van der Waals surface area contributed by atoms with Crippen LogP contribution in [-0.4, -0.2) is 43.7 Å². The van der Waals surface area contributed by atoms with Crippen molar-refractivity contribution in [1.82, 2.24) is 14.9 Å². The highest BCUT2D eigenvalue weighted by Gasteiger charge is 2.36. The van der Waals surface area contributed by atoms with E-state index in [-0.39, 0.29) is 17.3 Å². The minimum atomic E-state index is -3.82. The van der Waals surface area contributed by atoms with Gasteiger partial charge in [0.05, 0.1) is 9.77 Å². The van der Waals surface area contributed by atoms with Gasteiger partial charge in [-0.15, -0.1) is 11.3 Å². The van der Waals surface area contributed by atoms with Gasteiger partial charge in [0.1, 0.15) is 6.17 Å². The van der Waals surface area contributed by atoms with Crippen LogP contribution in [0.4, 0.5) is 4.79 Å². The average molecular weight is 514 g/mol. The fraction of sp³-hybridized carbons (Fsp3) is 0.280. The van der Waals surface area contributed by atoms with Crippen molar-refractivity contribution in [3.63, 3.8) is 0 Å². The average Bonchev–Trinajstić information content (AvgIpc) is 3.41. The Kier molecular flexibility index (Phi) is 8.17. The number of hydrogen-bond acceptors (Lipinski definition) is 6. The molecular formula is C25H27N3O5S2. The minimum Gasteiger partial charge on any atom is -0.429 e. The van der Waals surface area contributed by atoms with E-state index in [1.165, 1.54) is 27.8 Å². The summed E-state index contributed by atoms with van der Waals surface area (Å²) in [6.07, 6.45) is -0.324. The van der Waals surface area contributed by atoms with E-state index >= 15 is 0 Å². The van der Waals surface area contributed by atoms with Gasteiger partial charge in [-0.05, 0) is 48.4 Å². The number of benzene rings is 2. The second kappa shape index (κ2) is 11.5. The first-order valence-electron chi connectivity index (χ1n) is 11.4. The molecule has 3 aromatic rings. The second-order valence-corrected chi connectivity index (χ2v) is 11.0. The number of hydrogen-bond donors (Lipinski definition) is 2. The Balaban J connectivity index is 1.46. The number of nitrogens with one attached hydrogen (secondary N) is 2. The number of sulfonamides is 1. The smallest absolute Gasteiger partial charge is 0.410 e. The maximum Gasteiger partial charge on any atom is 0.410 e. The van der Waals surface area contributed by atoms with Crippen molar-refractivity contribution in [2.24, 2.45) is 0 Å². The van der Waals surface area contributed by atoms with Crippen LogP contribution in [0.15, 0.2) is 83.1 Å². The molecule has 1 aliphatic rings. The summed E-state index contributed by atoms with van der Waals surface area (Å²) in [5, 5.41) is 7.34. The Morgan fingerprint density at radius 3 is 2.37 bits per heavy atom. The molecule has 0 unspecified atom stereocenters. The number of alkyl carbamates (subject to hydrolysis) is 1. The number of amides is 2. The number of thiophene rings is 1. The number of rotatable bonds is 8. The molecule has 2 atom stereocenters. The van der Waals surface area contributed by atoms with Gasteiger partial charge in [0.15, 0.2) is 6.23 Å². The minimum absolute atomic E-state index is 0.154. The molecular weight excluding hydrogens is 486 g/mol. The highest BCUT2D eigenvalue weighted by molar-refractivity contribution is 7.89. The van der Waals surface area contributed by atoms with Gasteiger partial charge in [-0.25, -0.2) is 13.2 Å². The van der Waals surface area contributed by atoms with Crippen molar-refractivity contribution in [1.29, 1.82) is 0 Å². The van der Waals surface area contributed by atoms with Crippen molar-refractivity contribution in [2.45, 2.75) is 43.0 Å². The van der Waals surface area contributed by atoms with Crippen LogP contribution in [-0.2, 0) is 21.2 Å². The standard InChI is InChI=1S/C25H27N3O5S2/c29-24(21-14-9-17-34-21)26-22(18-19-10-3-1-4-11-19)27-25(30)33-23-15-7-8-16-28(23)35(31,32)20-12-5-2-6-13-20/h1-6,9-14,17,22-23H,7-8,15-16,18H2,(H,26,29)(H,27,30)/t22-,23-/m0/s1. The van der Waals surface area contributed by atoms with Crippen LogP contribution >= 0.6 is 11.3 Å². The number of carbonyl (C=O) groups is 2. The molecule has 35 heavy (non-hydrogen) atoms. The Morgan fingerprint density at radius 1 is 0.971 bits per heavy atom. The maximum absolute atomic E-state index is 13.2. The lowest BCUT2D eigenvalue weighted by Crippen LogP contribution is -2.52. The zero-order valence-corrected chi connectivity index (χ0v) is 20.6. The molecule has 2 amide bonds. The van der Waals surface area contributed by atoms with E-state index in [9.17, 15) is 18.0 Å². The van der Waals surface area contributed by atoms with E-state index in [1.807, 2.05) is 30.3 Å². The summed E-state index contributed by atoms with van der Waals surface area (Å²) in [5.74, 6) is -0.313. The lowest BCUT2D eigenvalue weighted by molar-refractivity contribution is 0.00773. The van der Waals surface area contributed by atoms with Gasteiger partial charge in [-0.2, -0.15) is 4.31 Å². The van der Waals surface area contributed by atoms with Gasteiger partial charge in [0, 0.05) is 13.0 Å². The van der Waals surface area contributed by atoms with Crippen LogP contribution < -0.4 is 10.6 Å². The molecule has 2 heterocycles. The third-order valence-corrected chi connectivity index (χ3v) is 8.39. The molecule has 8 nitrogen and oxygen atoms in total. The first kappa shape index (κ1) is 24.9.